The second-order valence-electron chi connectivity index (χ2n) is 9.19. The summed E-state index contributed by atoms with van der Waals surface area (Å²) in [5.41, 5.74) is 1.01. The lowest BCUT2D eigenvalue weighted by Crippen LogP contribution is -2.39. The van der Waals surface area contributed by atoms with E-state index >= 15 is 0 Å². The molecular formula is C27H27N7O4. The van der Waals surface area contributed by atoms with E-state index in [0.29, 0.717) is 29.3 Å². The molecule has 1 aliphatic rings. The summed E-state index contributed by atoms with van der Waals surface area (Å²) in [7, 11) is 3.35. The van der Waals surface area contributed by atoms with E-state index in [9.17, 15) is 14.7 Å². The number of carbonyl (C=O) groups is 2. The predicted octanol–water partition coefficient (Wildman–Crippen LogP) is 2.71. The second kappa shape index (κ2) is 10.0. The van der Waals surface area contributed by atoms with Gasteiger partial charge >= 0.3 is 0 Å². The maximum atomic E-state index is 12.9. The fourth-order valence-electron chi connectivity index (χ4n) is 4.29. The van der Waals surface area contributed by atoms with Crippen molar-refractivity contribution < 1.29 is 19.2 Å². The number of nitrogens with one attached hydrogen (secondary N) is 1. The summed E-state index contributed by atoms with van der Waals surface area (Å²) in [5, 5.41) is 17.9. The van der Waals surface area contributed by atoms with Gasteiger partial charge in [-0.3, -0.25) is 9.59 Å². The van der Waals surface area contributed by atoms with Crippen LogP contribution in [0.5, 0.6) is 0 Å². The Bertz CT molecular complexity index is 1480. The number of aromatic nitrogens is 4. The van der Waals surface area contributed by atoms with Gasteiger partial charge in [0.05, 0.1) is 17.1 Å². The van der Waals surface area contributed by atoms with Crippen molar-refractivity contribution >= 4 is 23.5 Å². The first-order valence-corrected chi connectivity index (χ1v) is 12.1. The van der Waals surface area contributed by atoms with Crippen molar-refractivity contribution in [2.75, 3.05) is 30.9 Å². The molecule has 0 aliphatic carbocycles. The molecule has 4 aromatic rings. The highest BCUT2D eigenvalue weighted by molar-refractivity contribution is 5.97. The van der Waals surface area contributed by atoms with Crippen molar-refractivity contribution in [3.8, 4) is 22.8 Å². The number of amides is 2. The minimum absolute atomic E-state index is 0.0849. The van der Waals surface area contributed by atoms with Gasteiger partial charge < -0.3 is 24.7 Å². The van der Waals surface area contributed by atoms with Gasteiger partial charge in [0.25, 0.3) is 5.91 Å². The minimum Gasteiger partial charge on any atom is -0.373 e. The Morgan fingerprint density at radius 2 is 1.79 bits per heavy atom. The van der Waals surface area contributed by atoms with Gasteiger partial charge in [-0.2, -0.15) is 0 Å². The van der Waals surface area contributed by atoms with Crippen LogP contribution >= 0.6 is 0 Å². The van der Waals surface area contributed by atoms with Crippen molar-refractivity contribution in [2.45, 2.75) is 25.0 Å². The number of para-hydroxylation sites is 1. The Morgan fingerprint density at radius 1 is 1.08 bits per heavy atom. The summed E-state index contributed by atoms with van der Waals surface area (Å²) in [4.78, 5) is 41.8. The normalized spacial score (nSPS) is 17.9. The largest absolute Gasteiger partial charge is 0.373 e. The fourth-order valence-corrected chi connectivity index (χ4v) is 4.29. The third-order valence-corrected chi connectivity index (χ3v) is 6.55. The summed E-state index contributed by atoms with van der Waals surface area (Å²) in [6, 6.07) is 17.4. The minimum atomic E-state index is -1.73. The van der Waals surface area contributed by atoms with E-state index in [2.05, 4.69) is 25.4 Å². The number of aliphatic hydroxyl groups is 1. The average Bonchev–Trinajstić information content (AvgIpc) is 3.55. The van der Waals surface area contributed by atoms with Crippen LogP contribution in [0.3, 0.4) is 0 Å². The molecule has 0 spiro atoms. The van der Waals surface area contributed by atoms with Crippen LogP contribution in [0, 0.1) is 0 Å². The topological polar surface area (TPSA) is 138 Å². The summed E-state index contributed by atoms with van der Waals surface area (Å²) >= 11 is 0. The van der Waals surface area contributed by atoms with Crippen molar-refractivity contribution in [3.63, 3.8) is 0 Å². The van der Waals surface area contributed by atoms with Gasteiger partial charge in [-0.25, -0.2) is 15.0 Å². The van der Waals surface area contributed by atoms with Crippen LogP contribution in [0.4, 0.5) is 11.6 Å². The quantitative estimate of drug-likeness (QED) is 0.382. The lowest BCUT2D eigenvalue weighted by molar-refractivity contribution is -0.144. The first kappa shape index (κ1) is 25.0. The Morgan fingerprint density at radius 3 is 2.50 bits per heavy atom. The van der Waals surface area contributed by atoms with Crippen molar-refractivity contribution in [2.24, 2.45) is 0 Å². The second-order valence-corrected chi connectivity index (χ2v) is 9.19. The highest BCUT2D eigenvalue weighted by atomic mass is 16.5. The summed E-state index contributed by atoms with van der Waals surface area (Å²) < 4.78 is 5.35. The first-order valence-electron chi connectivity index (χ1n) is 12.1. The lowest BCUT2D eigenvalue weighted by atomic mass is 9.98. The molecule has 194 valence electrons. The molecule has 1 fully saturated rings. The molecule has 1 aliphatic heterocycles. The van der Waals surface area contributed by atoms with Gasteiger partial charge in [-0.05, 0) is 37.3 Å². The molecule has 1 aromatic carbocycles. The van der Waals surface area contributed by atoms with E-state index in [-0.39, 0.29) is 24.0 Å². The number of carbonyl (C=O) groups excluding carboxylic acids is 2. The molecule has 3 aromatic heterocycles. The zero-order chi connectivity index (χ0) is 26.9. The highest BCUT2D eigenvalue weighted by Crippen LogP contribution is 2.34. The molecule has 11 nitrogen and oxygen atoms in total. The molecule has 5 rings (SSSR count). The molecule has 0 bridgehead atoms. The van der Waals surface area contributed by atoms with Crippen LogP contribution < -0.4 is 10.2 Å². The maximum Gasteiger partial charge on any atom is 0.262 e. The number of likely N-dealkylation sites (tertiary alicyclic amines) is 1. The van der Waals surface area contributed by atoms with E-state index in [1.807, 2.05) is 30.3 Å². The van der Waals surface area contributed by atoms with Gasteiger partial charge in [0.1, 0.15) is 11.7 Å². The standard InChI is InChI=1S/C27H27N7O4/c1-17(24(35)34(3)18-8-5-4-6-9-18)29-26-28-14-12-21(31-26)19-10-7-11-20(30-19)22-16-23(38-32-22)27(37)13-15-33(2)25(27)36/h4-12,14,16-17,37H,13,15H2,1-3H3,(H,28,29,31)/t17?,27-/m1/s1. The molecule has 2 atom stereocenters. The van der Waals surface area contributed by atoms with Crippen LogP contribution in [-0.2, 0) is 15.2 Å². The fraction of sp³-hybridized carbons (Fsp3) is 0.259. The van der Waals surface area contributed by atoms with E-state index < -0.39 is 17.6 Å². The molecular weight excluding hydrogens is 486 g/mol. The number of pyridine rings is 1. The number of hydrogen-bond donors (Lipinski definition) is 2. The zero-order valence-electron chi connectivity index (χ0n) is 21.2. The van der Waals surface area contributed by atoms with Crippen molar-refractivity contribution in [1.29, 1.82) is 0 Å². The molecule has 0 saturated carbocycles. The lowest BCUT2D eigenvalue weighted by Gasteiger charge is -2.22. The molecule has 11 heteroatoms. The number of nitrogens with zero attached hydrogens (tertiary/aromatic N) is 6. The van der Waals surface area contributed by atoms with Gasteiger partial charge in [0.15, 0.2) is 5.76 Å². The predicted molar refractivity (Wildman–Crippen MR) is 140 cm³/mol. The number of hydrogen-bond acceptors (Lipinski definition) is 9. The Hall–Kier alpha value is -4.64. The molecule has 1 saturated heterocycles. The Labute approximate surface area is 219 Å². The third kappa shape index (κ3) is 4.71. The summed E-state index contributed by atoms with van der Waals surface area (Å²) in [5.74, 6) is -0.195. The number of anilines is 2. The molecule has 4 heterocycles. The average molecular weight is 514 g/mol. The summed E-state index contributed by atoms with van der Waals surface area (Å²) in [6.07, 6.45) is 1.81. The molecule has 38 heavy (non-hydrogen) atoms. The first-order chi connectivity index (χ1) is 18.3. The van der Waals surface area contributed by atoms with Crippen LogP contribution in [0.1, 0.15) is 19.1 Å². The van der Waals surface area contributed by atoms with Crippen LogP contribution in [-0.4, -0.2) is 68.6 Å². The van der Waals surface area contributed by atoms with Gasteiger partial charge in [0, 0.05) is 45.0 Å². The number of rotatable bonds is 7. The SMILES string of the molecule is CC(Nc1nccc(-c2cccc(-c3cc([C@]4(O)CCN(C)C4=O)on3)n2)n1)C(=O)N(C)c1ccccc1. The van der Waals surface area contributed by atoms with E-state index in [1.54, 1.807) is 56.4 Å². The molecule has 1 unspecified atom stereocenters. The number of benzene rings is 1. The summed E-state index contributed by atoms with van der Waals surface area (Å²) in [6.45, 7) is 2.18. The molecule has 0 radical (unpaired) electrons. The van der Waals surface area contributed by atoms with Crippen molar-refractivity contribution in [1.82, 2.24) is 25.0 Å². The van der Waals surface area contributed by atoms with E-state index in [1.165, 1.54) is 11.0 Å². The molecule has 2 amide bonds. The Kier molecular flexibility index (Phi) is 6.60. The van der Waals surface area contributed by atoms with Crippen LogP contribution in [0.2, 0.25) is 0 Å². The van der Waals surface area contributed by atoms with Crippen molar-refractivity contribution in [3.05, 3.63) is 72.6 Å². The van der Waals surface area contributed by atoms with Gasteiger partial charge in [0.2, 0.25) is 17.5 Å². The highest BCUT2D eigenvalue weighted by Gasteiger charge is 2.48. The van der Waals surface area contributed by atoms with E-state index in [0.717, 1.165) is 5.69 Å². The monoisotopic (exact) mass is 513 g/mol. The third-order valence-electron chi connectivity index (χ3n) is 6.55. The Balaban J connectivity index is 1.33. The smallest absolute Gasteiger partial charge is 0.262 e. The van der Waals surface area contributed by atoms with E-state index in [4.69, 9.17) is 4.52 Å². The van der Waals surface area contributed by atoms with Crippen LogP contribution in [0.25, 0.3) is 22.8 Å². The van der Waals surface area contributed by atoms with Crippen LogP contribution in [0.15, 0.2) is 71.4 Å². The number of likely N-dealkylation sites (N-methyl/N-ethyl adjacent to an activating group) is 2. The zero-order valence-corrected chi connectivity index (χ0v) is 21.2. The van der Waals surface area contributed by atoms with Gasteiger partial charge in [-0.15, -0.1) is 0 Å². The maximum absolute atomic E-state index is 12.9. The van der Waals surface area contributed by atoms with Gasteiger partial charge in [-0.1, -0.05) is 29.4 Å². The molecule has 2 N–H and O–H groups in total.